The minimum absolute atomic E-state index is 0.146. The van der Waals surface area contributed by atoms with Gasteiger partial charge in [0, 0.05) is 25.5 Å². The van der Waals surface area contributed by atoms with Crippen LogP contribution >= 0.6 is 0 Å². The number of hydrazine groups is 1. The summed E-state index contributed by atoms with van der Waals surface area (Å²) in [6.07, 6.45) is 2.78. The molecule has 3 heterocycles. The molecule has 0 N–H and O–H groups in total. The van der Waals surface area contributed by atoms with Gasteiger partial charge in [0.2, 0.25) is 11.6 Å². The number of nitrogens with zero attached hydrogens (tertiary/aromatic N) is 4. The summed E-state index contributed by atoms with van der Waals surface area (Å²) < 4.78 is 13.9. The smallest absolute Gasteiger partial charge is 0.247 e. The SMILES string of the molecule is [C-]#[N+]c1cncc([C@@H]2CCN3C[C@@](C)(C(C)F)C(=O)N23)c1. The van der Waals surface area contributed by atoms with E-state index in [2.05, 4.69) is 9.83 Å². The Morgan fingerprint density at radius 1 is 1.57 bits per heavy atom. The highest BCUT2D eigenvalue weighted by Gasteiger charge is 2.55. The topological polar surface area (TPSA) is 40.8 Å². The number of alkyl halides is 1. The predicted molar refractivity (Wildman–Crippen MR) is 75.0 cm³/mol. The zero-order valence-corrected chi connectivity index (χ0v) is 12.1. The summed E-state index contributed by atoms with van der Waals surface area (Å²) in [6, 6.07) is 1.61. The molecule has 1 aromatic rings. The second kappa shape index (κ2) is 4.78. The standard InChI is InChI=1S/C15H17FN4O/c1-10(16)15(2)9-19-5-4-13(20(19)14(15)21)11-6-12(17-3)8-18-7-11/h6-8,10,13H,4-5,9H2,1-2H3/t10?,13-,15-/m0/s1. The van der Waals surface area contributed by atoms with E-state index in [1.165, 1.54) is 13.1 Å². The van der Waals surface area contributed by atoms with Crippen LogP contribution in [0.1, 0.15) is 31.9 Å². The van der Waals surface area contributed by atoms with E-state index in [0.717, 1.165) is 18.5 Å². The van der Waals surface area contributed by atoms with Gasteiger partial charge in [-0.25, -0.2) is 14.2 Å². The second-order valence-electron chi connectivity index (χ2n) is 5.96. The van der Waals surface area contributed by atoms with Gasteiger partial charge in [-0.15, -0.1) is 0 Å². The lowest BCUT2D eigenvalue weighted by atomic mass is 9.85. The lowest BCUT2D eigenvalue weighted by Gasteiger charge is -2.27. The van der Waals surface area contributed by atoms with Gasteiger partial charge in [-0.3, -0.25) is 14.8 Å². The molecule has 0 spiro atoms. The van der Waals surface area contributed by atoms with Crippen molar-refractivity contribution >= 4 is 11.6 Å². The third-order valence-corrected chi connectivity index (χ3v) is 4.60. The molecule has 2 saturated heterocycles. The number of pyridine rings is 1. The minimum Gasteiger partial charge on any atom is -0.276 e. The average Bonchev–Trinajstić information content (AvgIpc) is 2.99. The largest absolute Gasteiger partial charge is 0.276 e. The van der Waals surface area contributed by atoms with E-state index in [9.17, 15) is 9.18 Å². The first-order chi connectivity index (χ1) is 9.97. The fourth-order valence-electron chi connectivity index (χ4n) is 3.12. The third kappa shape index (κ3) is 2.00. The third-order valence-electron chi connectivity index (χ3n) is 4.60. The maximum absolute atomic E-state index is 13.9. The van der Waals surface area contributed by atoms with Crippen molar-refractivity contribution in [3.05, 3.63) is 35.4 Å². The van der Waals surface area contributed by atoms with E-state index in [4.69, 9.17) is 6.57 Å². The molecule has 0 bridgehead atoms. The summed E-state index contributed by atoms with van der Waals surface area (Å²) in [5, 5.41) is 3.59. The predicted octanol–water partition coefficient (Wildman–Crippen LogP) is 2.50. The number of rotatable bonds is 2. The van der Waals surface area contributed by atoms with Gasteiger partial charge in [0.1, 0.15) is 6.17 Å². The zero-order chi connectivity index (χ0) is 15.2. The Morgan fingerprint density at radius 2 is 2.33 bits per heavy atom. The van der Waals surface area contributed by atoms with Crippen LogP contribution in [0, 0.1) is 12.0 Å². The molecular weight excluding hydrogens is 271 g/mol. The molecular formula is C15H17FN4O. The van der Waals surface area contributed by atoms with Gasteiger partial charge in [-0.1, -0.05) is 0 Å². The van der Waals surface area contributed by atoms with Crippen molar-refractivity contribution in [2.24, 2.45) is 5.41 Å². The molecule has 6 heteroatoms. The summed E-state index contributed by atoms with van der Waals surface area (Å²) in [5.74, 6) is -0.173. The molecule has 1 amide bonds. The van der Waals surface area contributed by atoms with Crippen LogP contribution in [0.3, 0.4) is 0 Å². The quantitative estimate of drug-likeness (QED) is 0.785. The molecule has 0 saturated carbocycles. The van der Waals surface area contributed by atoms with Gasteiger partial charge in [0.25, 0.3) is 0 Å². The highest BCUT2D eigenvalue weighted by atomic mass is 19.1. The molecule has 1 aromatic heterocycles. The Bertz CT molecular complexity index is 626. The van der Waals surface area contributed by atoms with E-state index < -0.39 is 11.6 Å². The van der Waals surface area contributed by atoms with E-state index in [0.29, 0.717) is 12.2 Å². The summed E-state index contributed by atoms with van der Waals surface area (Å²) in [5.41, 5.74) is 0.318. The maximum atomic E-state index is 13.9. The van der Waals surface area contributed by atoms with Crippen LogP contribution in [0.2, 0.25) is 0 Å². The van der Waals surface area contributed by atoms with Gasteiger partial charge in [0.05, 0.1) is 18.0 Å². The van der Waals surface area contributed by atoms with Crippen LogP contribution < -0.4 is 0 Å². The molecule has 1 unspecified atom stereocenters. The Labute approximate surface area is 123 Å². The fraction of sp³-hybridized carbons (Fsp3) is 0.533. The Kier molecular flexibility index (Phi) is 3.18. The fourth-order valence-corrected chi connectivity index (χ4v) is 3.12. The molecule has 2 aliphatic heterocycles. The van der Waals surface area contributed by atoms with Crippen molar-refractivity contribution < 1.29 is 9.18 Å². The van der Waals surface area contributed by atoms with Gasteiger partial charge >= 0.3 is 0 Å². The van der Waals surface area contributed by atoms with Gasteiger partial charge < -0.3 is 0 Å². The average molecular weight is 288 g/mol. The number of carbonyl (C=O) groups excluding carboxylic acids is 1. The molecule has 3 atom stereocenters. The Morgan fingerprint density at radius 3 is 3.00 bits per heavy atom. The summed E-state index contributed by atoms with van der Waals surface area (Å²) in [7, 11) is 0. The Hall–Kier alpha value is -2.00. The summed E-state index contributed by atoms with van der Waals surface area (Å²) in [4.78, 5) is 20.1. The number of carbonyl (C=O) groups is 1. The Balaban J connectivity index is 1.94. The molecule has 0 aromatic carbocycles. The van der Waals surface area contributed by atoms with E-state index >= 15 is 0 Å². The lowest BCUT2D eigenvalue weighted by Crippen LogP contribution is -2.39. The molecule has 0 radical (unpaired) electrons. The number of aromatic nitrogens is 1. The van der Waals surface area contributed by atoms with E-state index in [-0.39, 0.29) is 11.9 Å². The molecule has 2 aliphatic rings. The van der Waals surface area contributed by atoms with Crippen molar-refractivity contribution in [1.29, 1.82) is 0 Å². The zero-order valence-electron chi connectivity index (χ0n) is 12.1. The number of amides is 1. The number of hydrogen-bond acceptors (Lipinski definition) is 3. The van der Waals surface area contributed by atoms with Crippen molar-refractivity contribution in [1.82, 2.24) is 15.0 Å². The second-order valence-corrected chi connectivity index (χ2v) is 5.96. The molecule has 0 aliphatic carbocycles. The molecule has 2 fully saturated rings. The first-order valence-electron chi connectivity index (χ1n) is 7.02. The molecule has 21 heavy (non-hydrogen) atoms. The molecule has 110 valence electrons. The van der Waals surface area contributed by atoms with Gasteiger partial charge in [0.15, 0.2) is 0 Å². The normalized spacial score (nSPS) is 30.3. The van der Waals surface area contributed by atoms with E-state index in [1.54, 1.807) is 24.2 Å². The summed E-state index contributed by atoms with van der Waals surface area (Å²) >= 11 is 0. The van der Waals surface area contributed by atoms with Crippen LogP contribution in [-0.2, 0) is 4.79 Å². The van der Waals surface area contributed by atoms with Crippen molar-refractivity contribution in [2.45, 2.75) is 32.5 Å². The van der Waals surface area contributed by atoms with Crippen LogP contribution in [0.25, 0.3) is 4.85 Å². The van der Waals surface area contributed by atoms with Crippen LogP contribution in [0.4, 0.5) is 10.1 Å². The molecule has 5 nitrogen and oxygen atoms in total. The van der Waals surface area contributed by atoms with Crippen LogP contribution in [0.15, 0.2) is 18.5 Å². The van der Waals surface area contributed by atoms with Gasteiger partial charge in [-0.2, -0.15) is 0 Å². The number of halogens is 1. The first-order valence-corrected chi connectivity index (χ1v) is 7.02. The number of hydrogen-bond donors (Lipinski definition) is 0. The lowest BCUT2D eigenvalue weighted by molar-refractivity contribution is -0.144. The van der Waals surface area contributed by atoms with Gasteiger partial charge in [-0.05, 0) is 31.9 Å². The van der Waals surface area contributed by atoms with Crippen molar-refractivity contribution in [3.8, 4) is 0 Å². The van der Waals surface area contributed by atoms with Crippen molar-refractivity contribution in [3.63, 3.8) is 0 Å². The van der Waals surface area contributed by atoms with Crippen molar-refractivity contribution in [2.75, 3.05) is 13.1 Å². The monoisotopic (exact) mass is 288 g/mol. The molecule has 3 rings (SSSR count). The van der Waals surface area contributed by atoms with Crippen LogP contribution in [0.5, 0.6) is 0 Å². The number of fused-ring (bicyclic) bond motifs is 1. The van der Waals surface area contributed by atoms with E-state index in [1.807, 2.05) is 5.01 Å². The summed E-state index contributed by atoms with van der Waals surface area (Å²) in [6.45, 7) is 11.3. The first kappa shape index (κ1) is 14.0. The highest BCUT2D eigenvalue weighted by Crippen LogP contribution is 2.44. The minimum atomic E-state index is -1.19. The van der Waals surface area contributed by atoms with Crippen LogP contribution in [-0.4, -0.2) is 40.2 Å². The maximum Gasteiger partial charge on any atom is 0.247 e. The highest BCUT2D eigenvalue weighted by molar-refractivity contribution is 5.85.